The summed E-state index contributed by atoms with van der Waals surface area (Å²) in [6.07, 6.45) is -0.123. The van der Waals surface area contributed by atoms with Crippen molar-refractivity contribution < 1.29 is 19.4 Å². The Hall–Kier alpha value is -3.60. The van der Waals surface area contributed by atoms with E-state index < -0.39 is 35.4 Å². The summed E-state index contributed by atoms with van der Waals surface area (Å²) >= 11 is 6.19. The number of amides is 1. The van der Waals surface area contributed by atoms with E-state index >= 15 is 0 Å². The molecule has 32 heavy (non-hydrogen) atoms. The lowest BCUT2D eigenvalue weighted by Gasteiger charge is -2.40. The van der Waals surface area contributed by atoms with E-state index in [9.17, 15) is 15.2 Å². The smallest absolute Gasteiger partial charge is 0.407 e. The van der Waals surface area contributed by atoms with Gasteiger partial charge in [0.15, 0.2) is 17.3 Å². The van der Waals surface area contributed by atoms with Crippen LogP contribution in [0.1, 0.15) is 28.3 Å². The van der Waals surface area contributed by atoms with Crippen LogP contribution in [0.5, 0.6) is 5.75 Å². The zero-order valence-corrected chi connectivity index (χ0v) is 17.3. The minimum Gasteiger partial charge on any atom is -0.476 e. The number of nitrogens with one attached hydrogen (secondary N) is 1. The van der Waals surface area contributed by atoms with Crippen molar-refractivity contribution in [3.05, 3.63) is 94.3 Å². The summed E-state index contributed by atoms with van der Waals surface area (Å²) in [5.41, 5.74) is -0.959. The zero-order valence-electron chi connectivity index (χ0n) is 16.5. The fraction of sp³-hybridized carbons (Fsp3) is 0.208. The fourth-order valence-electron chi connectivity index (χ4n) is 5.50. The third-order valence-corrected chi connectivity index (χ3v) is 6.88. The number of nitrogens with zero attached hydrogens (tertiary/aromatic N) is 2. The van der Waals surface area contributed by atoms with E-state index in [1.165, 1.54) is 6.20 Å². The summed E-state index contributed by atoms with van der Waals surface area (Å²) in [4.78, 5) is 16.7. The Bertz CT molecular complexity index is 1290. The number of halogens is 1. The van der Waals surface area contributed by atoms with E-state index in [0.717, 1.165) is 5.56 Å². The van der Waals surface area contributed by atoms with Crippen LogP contribution < -0.4 is 10.1 Å². The summed E-state index contributed by atoms with van der Waals surface area (Å²) in [5.74, 6) is -0.197. The lowest BCUT2D eigenvalue weighted by molar-refractivity contribution is -0.148. The third kappa shape index (κ3) is 2.23. The normalized spacial score (nSPS) is 31.5. The molecule has 1 aromatic heterocycles. The van der Waals surface area contributed by atoms with Crippen molar-refractivity contribution in [2.45, 2.75) is 29.3 Å². The number of aliphatic hydroxyl groups is 1. The number of carbonyl (C=O) groups excluding carboxylic acids is 1. The van der Waals surface area contributed by atoms with Gasteiger partial charge in [0.1, 0.15) is 11.4 Å². The molecule has 2 aliphatic heterocycles. The van der Waals surface area contributed by atoms with Gasteiger partial charge in [-0.15, -0.1) is 0 Å². The maximum absolute atomic E-state index is 12.4. The highest BCUT2D eigenvalue weighted by Gasteiger charge is 2.80. The van der Waals surface area contributed by atoms with Crippen LogP contribution >= 0.6 is 11.6 Å². The van der Waals surface area contributed by atoms with Gasteiger partial charge in [-0.1, -0.05) is 54.1 Å². The molecular weight excluding hydrogens is 430 g/mol. The second-order valence-electron chi connectivity index (χ2n) is 8.18. The Kier molecular flexibility index (Phi) is 3.85. The van der Waals surface area contributed by atoms with Crippen LogP contribution in [0.3, 0.4) is 0 Å². The Balaban J connectivity index is 1.68. The molecule has 1 aliphatic carbocycles. The van der Waals surface area contributed by atoms with Crippen LogP contribution in [0.4, 0.5) is 4.79 Å². The Labute approximate surface area is 188 Å². The van der Waals surface area contributed by atoms with Gasteiger partial charge < -0.3 is 19.9 Å². The molecule has 8 heteroatoms. The molecule has 1 saturated carbocycles. The largest absolute Gasteiger partial charge is 0.476 e. The number of alkyl carbamates (subject to hydrolysis) is 1. The number of hydrogen-bond donors (Lipinski definition) is 2. The van der Waals surface area contributed by atoms with Crippen LogP contribution in [-0.2, 0) is 15.9 Å². The average Bonchev–Trinajstić information content (AvgIpc) is 3.37. The van der Waals surface area contributed by atoms with Crippen LogP contribution in [0.2, 0.25) is 5.02 Å². The number of fused-ring (bicyclic) bond motifs is 5. The topological polar surface area (TPSA) is 104 Å². The SMILES string of the molecule is N#Cc1ccc([C@@]23Oc4cc(Cl)cnc4[C@@]2(O)[C@@H]2OC(=O)N[C@@H]2[C@H]3c2ccccc2)cc1. The van der Waals surface area contributed by atoms with Crippen molar-refractivity contribution in [3.8, 4) is 11.8 Å². The molecule has 1 amide bonds. The van der Waals surface area contributed by atoms with Gasteiger partial charge in [0.2, 0.25) is 0 Å². The number of ether oxygens (including phenoxy) is 2. The molecule has 0 radical (unpaired) electrons. The van der Waals surface area contributed by atoms with Gasteiger partial charge in [-0.25, -0.2) is 4.79 Å². The standard InChI is InChI=1S/C24H16ClN3O4/c25-16-10-17-20(27-12-16)23(30)21-19(28-22(29)31-21)18(14-4-2-1-3-5-14)24(23,32-17)15-8-6-13(11-26)7-9-15/h1-10,12,18-19,21,30H,(H,28,29)/t18-,19-,21-,23-,24+/m1/s1. The maximum Gasteiger partial charge on any atom is 0.407 e. The number of nitriles is 1. The van der Waals surface area contributed by atoms with Crippen LogP contribution in [0.15, 0.2) is 66.9 Å². The van der Waals surface area contributed by atoms with Crippen molar-refractivity contribution >= 4 is 17.7 Å². The van der Waals surface area contributed by atoms with Crippen LogP contribution in [0.25, 0.3) is 0 Å². The molecule has 7 nitrogen and oxygen atoms in total. The highest BCUT2D eigenvalue weighted by Crippen LogP contribution is 2.67. The van der Waals surface area contributed by atoms with E-state index in [1.807, 2.05) is 30.3 Å². The summed E-state index contributed by atoms with van der Waals surface area (Å²) in [7, 11) is 0. The zero-order chi connectivity index (χ0) is 22.1. The first-order valence-corrected chi connectivity index (χ1v) is 10.5. The number of benzene rings is 2. The molecule has 0 bridgehead atoms. The van der Waals surface area contributed by atoms with Gasteiger partial charge in [-0.3, -0.25) is 4.98 Å². The summed E-state index contributed by atoms with van der Waals surface area (Å²) in [6, 6.07) is 19.5. The molecule has 3 heterocycles. The summed E-state index contributed by atoms with van der Waals surface area (Å²) < 4.78 is 12.2. The predicted molar refractivity (Wildman–Crippen MR) is 113 cm³/mol. The Morgan fingerprint density at radius 1 is 1.16 bits per heavy atom. The number of carbonyl (C=O) groups is 1. The molecule has 6 rings (SSSR count). The van der Waals surface area contributed by atoms with Crippen molar-refractivity contribution in [2.75, 3.05) is 0 Å². The van der Waals surface area contributed by atoms with Crippen molar-refractivity contribution in [1.82, 2.24) is 10.3 Å². The average molecular weight is 446 g/mol. The van der Waals surface area contributed by atoms with Crippen molar-refractivity contribution in [3.63, 3.8) is 0 Å². The number of aromatic nitrogens is 1. The second kappa shape index (κ2) is 6.45. The predicted octanol–water partition coefficient (Wildman–Crippen LogP) is 3.36. The van der Waals surface area contributed by atoms with Crippen LogP contribution in [-0.4, -0.2) is 28.3 Å². The molecule has 2 fully saturated rings. The maximum atomic E-state index is 12.4. The molecule has 2 aromatic carbocycles. The highest BCUT2D eigenvalue weighted by molar-refractivity contribution is 6.30. The van der Waals surface area contributed by atoms with E-state index in [1.54, 1.807) is 30.3 Å². The van der Waals surface area contributed by atoms with Crippen molar-refractivity contribution in [1.29, 1.82) is 5.26 Å². The number of rotatable bonds is 2. The Morgan fingerprint density at radius 2 is 1.91 bits per heavy atom. The second-order valence-corrected chi connectivity index (χ2v) is 8.61. The molecule has 3 aromatic rings. The minimum atomic E-state index is -1.80. The fourth-order valence-corrected chi connectivity index (χ4v) is 5.65. The van der Waals surface area contributed by atoms with Crippen LogP contribution in [0, 0.1) is 11.3 Å². The van der Waals surface area contributed by atoms with Crippen molar-refractivity contribution in [2.24, 2.45) is 0 Å². The highest BCUT2D eigenvalue weighted by atomic mass is 35.5. The molecular formula is C24H16ClN3O4. The van der Waals surface area contributed by atoms with Gasteiger partial charge in [-0.05, 0) is 23.3 Å². The van der Waals surface area contributed by atoms with Gasteiger partial charge in [0.05, 0.1) is 28.6 Å². The molecule has 1 saturated heterocycles. The number of pyridine rings is 1. The minimum absolute atomic E-state index is 0.260. The summed E-state index contributed by atoms with van der Waals surface area (Å²) in [6.45, 7) is 0. The first-order valence-electron chi connectivity index (χ1n) is 10.1. The van der Waals surface area contributed by atoms with Gasteiger partial charge in [-0.2, -0.15) is 5.26 Å². The van der Waals surface area contributed by atoms with E-state index in [0.29, 0.717) is 21.9 Å². The van der Waals surface area contributed by atoms with Gasteiger partial charge in [0.25, 0.3) is 0 Å². The quantitative estimate of drug-likeness (QED) is 0.626. The lowest BCUT2D eigenvalue weighted by Crippen LogP contribution is -2.53. The molecule has 158 valence electrons. The first kappa shape index (κ1) is 19.1. The molecule has 2 N–H and O–H groups in total. The first-order chi connectivity index (χ1) is 15.5. The molecule has 5 atom stereocenters. The number of hydrogen-bond acceptors (Lipinski definition) is 6. The Morgan fingerprint density at radius 3 is 2.62 bits per heavy atom. The molecule has 0 unspecified atom stereocenters. The monoisotopic (exact) mass is 445 g/mol. The van der Waals surface area contributed by atoms with E-state index in [4.69, 9.17) is 21.1 Å². The van der Waals surface area contributed by atoms with Gasteiger partial charge >= 0.3 is 6.09 Å². The molecule has 3 aliphatic rings. The lowest BCUT2D eigenvalue weighted by atomic mass is 9.72. The summed E-state index contributed by atoms with van der Waals surface area (Å²) in [5, 5.41) is 24.9. The van der Waals surface area contributed by atoms with Gasteiger partial charge in [0, 0.05) is 12.3 Å². The van der Waals surface area contributed by atoms with E-state index in [-0.39, 0.29) is 5.69 Å². The van der Waals surface area contributed by atoms with E-state index in [2.05, 4.69) is 16.4 Å². The third-order valence-electron chi connectivity index (χ3n) is 6.67. The molecule has 0 spiro atoms.